The van der Waals surface area contributed by atoms with Crippen molar-refractivity contribution in [2.24, 2.45) is 0 Å². The molecule has 0 heterocycles. The molecule has 0 saturated carbocycles. The number of nitrogen functional groups attached to an aromatic ring is 1. The minimum atomic E-state index is 0.761. The molecule has 2 nitrogen and oxygen atoms in total. The van der Waals surface area contributed by atoms with E-state index in [0.29, 0.717) is 0 Å². The molecule has 0 aliphatic carbocycles. The zero-order chi connectivity index (χ0) is 14.1. The predicted octanol–water partition coefficient (Wildman–Crippen LogP) is 5.24. The van der Waals surface area contributed by atoms with Crippen LogP contribution in [0.25, 0.3) is 10.8 Å². The van der Waals surface area contributed by atoms with E-state index in [9.17, 15) is 0 Å². The van der Waals surface area contributed by atoms with Crippen LogP contribution in [0.15, 0.2) is 59.1 Å². The molecular formula is C17H15BrN2. The Bertz CT molecular complexity index is 781. The summed E-state index contributed by atoms with van der Waals surface area (Å²) in [6, 6.07) is 18.4. The first-order valence-electron chi connectivity index (χ1n) is 6.45. The van der Waals surface area contributed by atoms with E-state index in [0.717, 1.165) is 27.1 Å². The van der Waals surface area contributed by atoms with E-state index in [-0.39, 0.29) is 0 Å². The topological polar surface area (TPSA) is 38.0 Å². The van der Waals surface area contributed by atoms with Gasteiger partial charge >= 0.3 is 0 Å². The highest BCUT2D eigenvalue weighted by Crippen LogP contribution is 2.33. The fourth-order valence-corrected chi connectivity index (χ4v) is 2.79. The van der Waals surface area contributed by atoms with Crippen LogP contribution in [0.3, 0.4) is 0 Å². The van der Waals surface area contributed by atoms with E-state index < -0.39 is 0 Å². The van der Waals surface area contributed by atoms with Crippen molar-refractivity contribution >= 4 is 43.8 Å². The molecule has 3 N–H and O–H groups in total. The summed E-state index contributed by atoms with van der Waals surface area (Å²) >= 11 is 3.59. The van der Waals surface area contributed by atoms with Crippen molar-refractivity contribution < 1.29 is 0 Å². The Balaban J connectivity index is 2.09. The van der Waals surface area contributed by atoms with Gasteiger partial charge in [-0.25, -0.2) is 0 Å². The maximum absolute atomic E-state index is 6.07. The number of rotatable bonds is 2. The number of nitrogens with one attached hydrogen (secondary N) is 1. The molecule has 20 heavy (non-hydrogen) atoms. The maximum Gasteiger partial charge on any atom is 0.0618 e. The van der Waals surface area contributed by atoms with Gasteiger partial charge in [0.2, 0.25) is 0 Å². The van der Waals surface area contributed by atoms with Gasteiger partial charge in [0.15, 0.2) is 0 Å². The van der Waals surface area contributed by atoms with Gasteiger partial charge in [0, 0.05) is 15.5 Å². The Morgan fingerprint density at radius 1 is 0.900 bits per heavy atom. The quantitative estimate of drug-likeness (QED) is 0.632. The van der Waals surface area contributed by atoms with E-state index in [4.69, 9.17) is 5.73 Å². The second kappa shape index (κ2) is 5.17. The summed E-state index contributed by atoms with van der Waals surface area (Å²) in [4.78, 5) is 0. The van der Waals surface area contributed by atoms with Crippen LogP contribution in [0.1, 0.15) is 5.56 Å². The zero-order valence-corrected chi connectivity index (χ0v) is 12.7. The highest BCUT2D eigenvalue weighted by molar-refractivity contribution is 9.10. The van der Waals surface area contributed by atoms with E-state index in [1.165, 1.54) is 10.8 Å². The normalized spacial score (nSPS) is 10.7. The first-order chi connectivity index (χ1) is 9.65. The highest BCUT2D eigenvalue weighted by atomic mass is 79.9. The maximum atomic E-state index is 6.07. The van der Waals surface area contributed by atoms with Crippen LogP contribution in [0, 0.1) is 6.92 Å². The van der Waals surface area contributed by atoms with Gasteiger partial charge in [-0.15, -0.1) is 0 Å². The van der Waals surface area contributed by atoms with Gasteiger partial charge in [0.25, 0.3) is 0 Å². The standard InChI is InChI=1S/C17H15BrN2/c1-11-6-8-17(15(19)10-11)20-16-9-7-14(18)12-4-2-3-5-13(12)16/h2-10,20H,19H2,1H3. The van der Waals surface area contributed by atoms with Crippen molar-refractivity contribution in [1.29, 1.82) is 0 Å². The molecule has 100 valence electrons. The highest BCUT2D eigenvalue weighted by Gasteiger charge is 2.06. The molecule has 0 saturated heterocycles. The first kappa shape index (κ1) is 13.0. The Morgan fingerprint density at radius 3 is 2.35 bits per heavy atom. The predicted molar refractivity (Wildman–Crippen MR) is 90.5 cm³/mol. The monoisotopic (exact) mass is 326 g/mol. The van der Waals surface area contributed by atoms with Crippen LogP contribution in [0.2, 0.25) is 0 Å². The van der Waals surface area contributed by atoms with Crippen LogP contribution in [-0.2, 0) is 0 Å². The molecule has 3 heteroatoms. The Hall–Kier alpha value is -2.00. The summed E-state index contributed by atoms with van der Waals surface area (Å²) in [6.45, 7) is 2.04. The van der Waals surface area contributed by atoms with Gasteiger partial charge in [-0.05, 0) is 42.1 Å². The minimum Gasteiger partial charge on any atom is -0.397 e. The van der Waals surface area contributed by atoms with E-state index in [1.807, 2.05) is 31.2 Å². The SMILES string of the molecule is Cc1ccc(Nc2ccc(Br)c3ccccc23)c(N)c1. The number of aryl methyl sites for hydroxylation is 1. The molecule has 0 aliphatic heterocycles. The lowest BCUT2D eigenvalue weighted by molar-refractivity contribution is 1.46. The second-order valence-corrected chi connectivity index (χ2v) is 5.71. The van der Waals surface area contributed by atoms with Gasteiger partial charge in [0.1, 0.15) is 0 Å². The number of fused-ring (bicyclic) bond motifs is 1. The van der Waals surface area contributed by atoms with Gasteiger partial charge < -0.3 is 11.1 Å². The molecule has 0 radical (unpaired) electrons. The number of halogens is 1. The Kier molecular flexibility index (Phi) is 3.36. The van der Waals surface area contributed by atoms with E-state index >= 15 is 0 Å². The van der Waals surface area contributed by atoms with Crippen molar-refractivity contribution in [1.82, 2.24) is 0 Å². The Morgan fingerprint density at radius 2 is 1.60 bits per heavy atom. The zero-order valence-electron chi connectivity index (χ0n) is 11.2. The van der Waals surface area contributed by atoms with Crippen molar-refractivity contribution in [3.05, 3.63) is 64.6 Å². The molecule has 0 aliphatic rings. The summed E-state index contributed by atoms with van der Waals surface area (Å²) in [5.41, 5.74) is 9.98. The second-order valence-electron chi connectivity index (χ2n) is 4.86. The summed E-state index contributed by atoms with van der Waals surface area (Å²) < 4.78 is 1.09. The third kappa shape index (κ3) is 2.37. The fraction of sp³-hybridized carbons (Fsp3) is 0.0588. The van der Waals surface area contributed by atoms with Crippen molar-refractivity contribution in [2.45, 2.75) is 6.92 Å². The molecule has 0 amide bonds. The lowest BCUT2D eigenvalue weighted by Crippen LogP contribution is -1.97. The van der Waals surface area contributed by atoms with Crippen LogP contribution in [-0.4, -0.2) is 0 Å². The third-order valence-corrected chi connectivity index (χ3v) is 4.04. The van der Waals surface area contributed by atoms with E-state index in [1.54, 1.807) is 0 Å². The first-order valence-corrected chi connectivity index (χ1v) is 7.25. The summed E-state index contributed by atoms with van der Waals surface area (Å²) in [5, 5.41) is 5.78. The molecule has 0 fully saturated rings. The van der Waals surface area contributed by atoms with Crippen molar-refractivity contribution in [3.8, 4) is 0 Å². The van der Waals surface area contributed by atoms with Gasteiger partial charge in [0.05, 0.1) is 11.4 Å². The van der Waals surface area contributed by atoms with Crippen molar-refractivity contribution in [3.63, 3.8) is 0 Å². The molecule has 0 atom stereocenters. The number of benzene rings is 3. The molecule has 3 rings (SSSR count). The van der Waals surface area contributed by atoms with Crippen LogP contribution in [0.4, 0.5) is 17.1 Å². The van der Waals surface area contributed by atoms with Crippen LogP contribution < -0.4 is 11.1 Å². The van der Waals surface area contributed by atoms with Crippen molar-refractivity contribution in [2.75, 3.05) is 11.1 Å². The number of nitrogens with two attached hydrogens (primary N) is 1. The lowest BCUT2D eigenvalue weighted by atomic mass is 10.1. The van der Waals surface area contributed by atoms with Gasteiger partial charge in [-0.2, -0.15) is 0 Å². The van der Waals surface area contributed by atoms with Gasteiger partial charge in [-0.1, -0.05) is 46.3 Å². The largest absolute Gasteiger partial charge is 0.397 e. The van der Waals surface area contributed by atoms with Crippen LogP contribution in [0.5, 0.6) is 0 Å². The molecule has 3 aromatic carbocycles. The number of hydrogen-bond donors (Lipinski definition) is 2. The fourth-order valence-electron chi connectivity index (χ4n) is 2.31. The van der Waals surface area contributed by atoms with Crippen LogP contribution >= 0.6 is 15.9 Å². The van der Waals surface area contributed by atoms with E-state index in [2.05, 4.69) is 51.6 Å². The summed E-state index contributed by atoms with van der Waals surface area (Å²) in [7, 11) is 0. The molecule has 0 bridgehead atoms. The molecule has 0 spiro atoms. The molecule has 3 aromatic rings. The minimum absolute atomic E-state index is 0.761. The average molecular weight is 327 g/mol. The van der Waals surface area contributed by atoms with Gasteiger partial charge in [-0.3, -0.25) is 0 Å². The lowest BCUT2D eigenvalue weighted by Gasteiger charge is -2.13. The average Bonchev–Trinajstić information content (AvgIpc) is 2.45. The number of anilines is 3. The molecule has 0 aromatic heterocycles. The number of hydrogen-bond acceptors (Lipinski definition) is 2. The summed E-state index contributed by atoms with van der Waals surface area (Å²) in [6.07, 6.45) is 0. The smallest absolute Gasteiger partial charge is 0.0618 e. The third-order valence-electron chi connectivity index (χ3n) is 3.35. The molecular weight excluding hydrogens is 312 g/mol. The molecule has 0 unspecified atom stereocenters. The Labute approximate surface area is 126 Å². The summed E-state index contributed by atoms with van der Waals surface area (Å²) in [5.74, 6) is 0.